The number of carbonyl (C=O) groups is 1. The summed E-state index contributed by atoms with van der Waals surface area (Å²) in [5.41, 5.74) is 4.98. The molecule has 28 heavy (non-hydrogen) atoms. The van der Waals surface area contributed by atoms with E-state index in [4.69, 9.17) is 0 Å². The zero-order valence-corrected chi connectivity index (χ0v) is 18.8. The fourth-order valence-electron chi connectivity index (χ4n) is 4.17. The highest BCUT2D eigenvalue weighted by atomic mass is 32.2. The molecule has 0 bridgehead atoms. The van der Waals surface area contributed by atoms with E-state index in [1.807, 2.05) is 34.6 Å². The van der Waals surface area contributed by atoms with Crippen molar-refractivity contribution in [3.05, 3.63) is 27.8 Å². The van der Waals surface area contributed by atoms with Gasteiger partial charge in [-0.3, -0.25) is 4.79 Å². The molecule has 2 N–H and O–H groups in total. The van der Waals surface area contributed by atoms with Gasteiger partial charge in [0.1, 0.15) is 0 Å². The molecule has 1 aliphatic carbocycles. The van der Waals surface area contributed by atoms with Gasteiger partial charge in [-0.05, 0) is 82.2 Å². The van der Waals surface area contributed by atoms with Crippen molar-refractivity contribution in [3.8, 4) is 0 Å². The number of amides is 1. The summed E-state index contributed by atoms with van der Waals surface area (Å²) in [5, 5.41) is 3.06. The van der Waals surface area contributed by atoms with E-state index >= 15 is 0 Å². The van der Waals surface area contributed by atoms with Gasteiger partial charge in [-0.2, -0.15) is 4.31 Å². The minimum Gasteiger partial charge on any atom is -0.348 e. The highest BCUT2D eigenvalue weighted by Crippen LogP contribution is 2.31. The van der Waals surface area contributed by atoms with Gasteiger partial charge in [0.25, 0.3) is 5.91 Å². The molecule has 1 aromatic carbocycles. The van der Waals surface area contributed by atoms with E-state index in [0.717, 1.165) is 40.0 Å². The van der Waals surface area contributed by atoms with E-state index in [1.54, 1.807) is 4.31 Å². The van der Waals surface area contributed by atoms with Crippen molar-refractivity contribution in [1.82, 2.24) is 9.62 Å². The number of hydrogen-bond donors (Lipinski definition) is 2. The Bertz CT molecular complexity index is 854. The van der Waals surface area contributed by atoms with Crippen LogP contribution in [0, 0.1) is 34.6 Å². The van der Waals surface area contributed by atoms with Gasteiger partial charge in [0.2, 0.25) is 10.0 Å². The molecule has 1 amide bonds. The molecule has 0 radical (unpaired) electrons. The monoisotopic (exact) mass is 408 g/mol. The van der Waals surface area contributed by atoms with Crippen LogP contribution in [-0.4, -0.2) is 56.9 Å². The first-order valence-corrected chi connectivity index (χ1v) is 11.7. The second kappa shape index (κ2) is 7.76. The Morgan fingerprint density at radius 2 is 1.43 bits per heavy atom. The minimum absolute atomic E-state index is 0.0882. The number of rotatable bonds is 5. The summed E-state index contributed by atoms with van der Waals surface area (Å²) in [7, 11) is -3.54. The summed E-state index contributed by atoms with van der Waals surface area (Å²) in [6, 6.07) is 0.216. The molecule has 156 valence electrons. The highest BCUT2D eigenvalue weighted by molar-refractivity contribution is 7.89. The summed E-state index contributed by atoms with van der Waals surface area (Å²) in [5.74, 6) is 0.0882. The lowest BCUT2D eigenvalue weighted by atomic mass is 9.95. The maximum Gasteiger partial charge on any atom is 0.278 e. The van der Waals surface area contributed by atoms with Crippen molar-refractivity contribution in [3.63, 3.8) is 0 Å². The van der Waals surface area contributed by atoms with Gasteiger partial charge in [-0.1, -0.05) is 0 Å². The Hall–Kier alpha value is -1.44. The van der Waals surface area contributed by atoms with Gasteiger partial charge in [-0.25, -0.2) is 8.42 Å². The molecule has 0 spiro atoms. The van der Waals surface area contributed by atoms with E-state index in [1.165, 1.54) is 5.56 Å². The van der Waals surface area contributed by atoms with Gasteiger partial charge in [0, 0.05) is 6.04 Å². The van der Waals surface area contributed by atoms with E-state index in [9.17, 15) is 13.2 Å². The van der Waals surface area contributed by atoms with Crippen LogP contribution in [0.3, 0.4) is 0 Å². The number of sulfonamides is 1. The third-order valence-electron chi connectivity index (χ3n) is 6.82. The number of quaternary nitrogens is 1. The Morgan fingerprint density at radius 3 is 1.89 bits per heavy atom. The van der Waals surface area contributed by atoms with Crippen LogP contribution in [0.1, 0.15) is 47.6 Å². The lowest BCUT2D eigenvalue weighted by molar-refractivity contribution is -0.917. The predicted molar refractivity (Wildman–Crippen MR) is 110 cm³/mol. The smallest absolute Gasteiger partial charge is 0.278 e. The minimum atomic E-state index is -3.54. The topological polar surface area (TPSA) is 70.9 Å². The molecule has 0 unspecified atom stereocenters. The van der Waals surface area contributed by atoms with Crippen molar-refractivity contribution in [2.75, 3.05) is 26.2 Å². The molecule has 7 heteroatoms. The molecule has 1 saturated carbocycles. The highest BCUT2D eigenvalue weighted by Gasteiger charge is 2.37. The standard InChI is InChI=1S/C21H33N3O3S/c1-13-14(2)16(4)20(17(5)15(13)3)28(26,27)24-11-9-23(10-12-24)18(6)21(25)22-19-7-8-19/h18-19H,7-12H2,1-6H3,(H,22,25)/p+1/t18-/m0/s1. The number of carbonyl (C=O) groups excluding carboxylic acids is 1. The van der Waals surface area contributed by atoms with Crippen molar-refractivity contribution in [2.45, 2.75) is 71.4 Å². The van der Waals surface area contributed by atoms with Crippen LogP contribution in [0.15, 0.2) is 4.90 Å². The van der Waals surface area contributed by atoms with Crippen LogP contribution < -0.4 is 10.2 Å². The summed E-state index contributed by atoms with van der Waals surface area (Å²) >= 11 is 0. The maximum absolute atomic E-state index is 13.4. The normalized spacial score (nSPS) is 20.2. The Labute approximate surface area is 169 Å². The number of hydrogen-bond acceptors (Lipinski definition) is 3. The maximum atomic E-state index is 13.4. The van der Waals surface area contributed by atoms with Gasteiger partial charge in [-0.15, -0.1) is 0 Å². The molecule has 1 aliphatic heterocycles. The fraction of sp³-hybridized carbons (Fsp3) is 0.667. The van der Waals surface area contributed by atoms with Crippen molar-refractivity contribution in [2.24, 2.45) is 0 Å². The third-order valence-corrected chi connectivity index (χ3v) is 9.00. The van der Waals surface area contributed by atoms with Crippen molar-refractivity contribution in [1.29, 1.82) is 0 Å². The summed E-state index contributed by atoms with van der Waals surface area (Å²) in [4.78, 5) is 14.0. The van der Waals surface area contributed by atoms with Crippen LogP contribution in [-0.2, 0) is 14.8 Å². The fourth-order valence-corrected chi connectivity index (χ4v) is 6.17. The lowest BCUT2D eigenvalue weighted by Gasteiger charge is -2.35. The first kappa shape index (κ1) is 21.3. The predicted octanol–water partition coefficient (Wildman–Crippen LogP) is 0.785. The molecule has 6 nitrogen and oxygen atoms in total. The first-order valence-electron chi connectivity index (χ1n) is 10.3. The van der Waals surface area contributed by atoms with Crippen LogP contribution in [0.25, 0.3) is 0 Å². The zero-order valence-electron chi connectivity index (χ0n) is 18.0. The van der Waals surface area contributed by atoms with E-state index in [2.05, 4.69) is 12.2 Å². The molecule has 2 aliphatic rings. The van der Waals surface area contributed by atoms with Gasteiger partial charge in [0.05, 0.1) is 31.1 Å². The average Bonchev–Trinajstić information content (AvgIpc) is 3.48. The number of benzene rings is 1. The quantitative estimate of drug-likeness (QED) is 0.757. The molecule has 1 atom stereocenters. The van der Waals surface area contributed by atoms with Crippen LogP contribution in [0.4, 0.5) is 0 Å². The molecule has 1 saturated heterocycles. The van der Waals surface area contributed by atoms with Gasteiger partial charge >= 0.3 is 0 Å². The van der Waals surface area contributed by atoms with Crippen LogP contribution in [0.2, 0.25) is 0 Å². The summed E-state index contributed by atoms with van der Waals surface area (Å²) < 4.78 is 28.5. The third kappa shape index (κ3) is 3.84. The SMILES string of the molecule is Cc1c(C)c(C)c(S(=O)(=O)N2CC[NH+]([C@@H](C)C(=O)NC3CC3)CC2)c(C)c1C. The van der Waals surface area contributed by atoms with Crippen LogP contribution in [0.5, 0.6) is 0 Å². The largest absolute Gasteiger partial charge is 0.348 e. The van der Waals surface area contributed by atoms with E-state index < -0.39 is 10.0 Å². The van der Waals surface area contributed by atoms with Gasteiger partial charge < -0.3 is 10.2 Å². The Kier molecular flexibility index (Phi) is 5.90. The average molecular weight is 409 g/mol. The van der Waals surface area contributed by atoms with Crippen molar-refractivity contribution >= 4 is 15.9 Å². The molecule has 0 aromatic heterocycles. The summed E-state index contributed by atoms with van der Waals surface area (Å²) in [6.07, 6.45) is 2.15. The number of piperazine rings is 1. The molecule has 3 rings (SSSR count). The van der Waals surface area contributed by atoms with Crippen LogP contribution >= 0.6 is 0 Å². The molecule has 1 aromatic rings. The zero-order chi connectivity index (χ0) is 20.8. The van der Waals surface area contributed by atoms with E-state index in [0.29, 0.717) is 37.1 Å². The summed E-state index contributed by atoms with van der Waals surface area (Å²) in [6.45, 7) is 14.0. The molecular formula is C21H34N3O3S+. The lowest BCUT2D eigenvalue weighted by Crippen LogP contribution is -3.19. The van der Waals surface area contributed by atoms with Crippen molar-refractivity contribution < 1.29 is 18.1 Å². The second-order valence-electron chi connectivity index (χ2n) is 8.52. The number of nitrogens with zero attached hydrogens (tertiary/aromatic N) is 1. The van der Waals surface area contributed by atoms with Gasteiger partial charge in [0.15, 0.2) is 6.04 Å². The Morgan fingerprint density at radius 1 is 0.964 bits per heavy atom. The molecule has 1 heterocycles. The molecular weight excluding hydrogens is 374 g/mol. The second-order valence-corrected chi connectivity index (χ2v) is 10.4. The first-order chi connectivity index (χ1) is 13.1. The van der Waals surface area contributed by atoms with E-state index in [-0.39, 0.29) is 11.9 Å². The molecule has 2 fully saturated rings. The Balaban J connectivity index is 1.76. The number of nitrogens with one attached hydrogen (secondary N) is 2.